The number of benzene rings is 2. The Bertz CT molecular complexity index is 644. The van der Waals surface area contributed by atoms with Crippen molar-refractivity contribution in [2.45, 2.75) is 13.0 Å². The lowest BCUT2D eigenvalue weighted by molar-refractivity contribution is -0.126. The van der Waals surface area contributed by atoms with Gasteiger partial charge in [-0.1, -0.05) is 59.2 Å². The average molecular weight is 317 g/mol. The molecular weight excluding hydrogens is 300 g/mol. The molecule has 2 rings (SSSR count). The first-order valence-corrected chi connectivity index (χ1v) is 7.28. The Morgan fingerprint density at radius 2 is 2.05 bits per heavy atom. The minimum atomic E-state index is -0.238. The fourth-order valence-corrected chi connectivity index (χ4v) is 2.07. The van der Waals surface area contributed by atoms with Gasteiger partial charge in [-0.05, 0) is 30.2 Å². The topological polar surface area (TPSA) is 50.7 Å². The lowest BCUT2D eigenvalue weighted by atomic mass is 10.1. The lowest BCUT2D eigenvalue weighted by Gasteiger charge is -2.14. The summed E-state index contributed by atoms with van der Waals surface area (Å²) in [5, 5.41) is 7.24. The standard InChI is InChI=1S/C17H17ClN2O2/c1-13(15-8-5-9-16(18)10-15)20-17(21)12-22-19-11-14-6-3-2-4-7-14/h2-11,13H,12H2,1H3,(H,20,21)/b19-11+. The van der Waals surface area contributed by atoms with Gasteiger partial charge in [0.1, 0.15) is 0 Å². The molecular formula is C17H17ClN2O2. The number of rotatable bonds is 6. The number of hydrogen-bond acceptors (Lipinski definition) is 3. The summed E-state index contributed by atoms with van der Waals surface area (Å²) in [7, 11) is 0. The fourth-order valence-electron chi connectivity index (χ4n) is 1.88. The van der Waals surface area contributed by atoms with E-state index in [2.05, 4.69) is 10.5 Å². The highest BCUT2D eigenvalue weighted by Gasteiger charge is 2.10. The van der Waals surface area contributed by atoms with E-state index in [1.165, 1.54) is 0 Å². The molecule has 2 aromatic rings. The summed E-state index contributed by atoms with van der Waals surface area (Å²) < 4.78 is 0. The molecule has 114 valence electrons. The SMILES string of the molecule is CC(NC(=O)CO/N=C/c1ccccc1)c1cccc(Cl)c1. The summed E-state index contributed by atoms with van der Waals surface area (Å²) in [6, 6.07) is 16.7. The lowest BCUT2D eigenvalue weighted by Crippen LogP contribution is -2.29. The number of carbonyl (C=O) groups is 1. The fraction of sp³-hybridized carbons (Fsp3) is 0.176. The van der Waals surface area contributed by atoms with Crippen molar-refractivity contribution >= 4 is 23.7 Å². The van der Waals surface area contributed by atoms with Crippen LogP contribution in [0.15, 0.2) is 59.8 Å². The van der Waals surface area contributed by atoms with Crippen LogP contribution in [-0.4, -0.2) is 18.7 Å². The normalized spacial score (nSPS) is 12.1. The quantitative estimate of drug-likeness (QED) is 0.654. The van der Waals surface area contributed by atoms with Crippen molar-refractivity contribution in [1.82, 2.24) is 5.32 Å². The minimum absolute atomic E-state index is 0.131. The highest BCUT2D eigenvalue weighted by atomic mass is 35.5. The second kappa shape index (κ2) is 8.20. The summed E-state index contributed by atoms with van der Waals surface area (Å²) in [5.74, 6) is -0.238. The van der Waals surface area contributed by atoms with E-state index in [0.717, 1.165) is 11.1 Å². The van der Waals surface area contributed by atoms with E-state index in [0.29, 0.717) is 5.02 Å². The average Bonchev–Trinajstić information content (AvgIpc) is 2.52. The molecule has 1 N–H and O–H groups in total. The molecule has 22 heavy (non-hydrogen) atoms. The van der Waals surface area contributed by atoms with Gasteiger partial charge in [-0.15, -0.1) is 0 Å². The van der Waals surface area contributed by atoms with Gasteiger partial charge in [0.2, 0.25) is 0 Å². The van der Waals surface area contributed by atoms with E-state index in [9.17, 15) is 4.79 Å². The molecule has 0 saturated carbocycles. The van der Waals surface area contributed by atoms with Gasteiger partial charge < -0.3 is 10.2 Å². The van der Waals surface area contributed by atoms with Crippen LogP contribution >= 0.6 is 11.6 Å². The van der Waals surface area contributed by atoms with Gasteiger partial charge in [-0.25, -0.2) is 0 Å². The number of nitrogens with zero attached hydrogens (tertiary/aromatic N) is 1. The van der Waals surface area contributed by atoms with Gasteiger partial charge in [-0.3, -0.25) is 4.79 Å². The van der Waals surface area contributed by atoms with Crippen LogP contribution in [0.3, 0.4) is 0 Å². The van der Waals surface area contributed by atoms with Crippen LogP contribution in [0.5, 0.6) is 0 Å². The molecule has 0 aliphatic carbocycles. The predicted molar refractivity (Wildman–Crippen MR) is 88.0 cm³/mol. The van der Waals surface area contributed by atoms with E-state index in [1.807, 2.05) is 55.5 Å². The van der Waals surface area contributed by atoms with Gasteiger partial charge in [0.15, 0.2) is 6.61 Å². The highest BCUT2D eigenvalue weighted by molar-refractivity contribution is 6.30. The zero-order chi connectivity index (χ0) is 15.8. The Balaban J connectivity index is 1.77. The molecule has 0 aliphatic heterocycles. The molecule has 5 heteroatoms. The minimum Gasteiger partial charge on any atom is -0.386 e. The molecule has 1 atom stereocenters. The Labute approximate surface area is 134 Å². The molecule has 0 aliphatic rings. The van der Waals surface area contributed by atoms with Gasteiger partial charge in [0.25, 0.3) is 5.91 Å². The molecule has 1 unspecified atom stereocenters. The molecule has 0 heterocycles. The smallest absolute Gasteiger partial charge is 0.261 e. The Morgan fingerprint density at radius 3 is 2.77 bits per heavy atom. The van der Waals surface area contributed by atoms with Crippen molar-refractivity contribution in [3.05, 3.63) is 70.7 Å². The second-order valence-electron chi connectivity index (χ2n) is 4.76. The van der Waals surface area contributed by atoms with Crippen LogP contribution in [-0.2, 0) is 9.63 Å². The van der Waals surface area contributed by atoms with E-state index in [-0.39, 0.29) is 18.6 Å². The third-order valence-corrected chi connectivity index (χ3v) is 3.23. The Morgan fingerprint density at radius 1 is 1.27 bits per heavy atom. The van der Waals surface area contributed by atoms with Gasteiger partial charge in [-0.2, -0.15) is 0 Å². The number of carbonyl (C=O) groups excluding carboxylic acids is 1. The van der Waals surface area contributed by atoms with Crippen LogP contribution in [0.1, 0.15) is 24.1 Å². The predicted octanol–water partition coefficient (Wildman–Crippen LogP) is 3.57. The van der Waals surface area contributed by atoms with Crippen molar-refractivity contribution in [3.63, 3.8) is 0 Å². The third-order valence-electron chi connectivity index (χ3n) is 3.00. The first kappa shape index (κ1) is 16.0. The van der Waals surface area contributed by atoms with E-state index >= 15 is 0 Å². The molecule has 1 amide bonds. The summed E-state index contributed by atoms with van der Waals surface area (Å²) in [6.07, 6.45) is 1.56. The maximum atomic E-state index is 11.8. The van der Waals surface area contributed by atoms with Crippen molar-refractivity contribution in [1.29, 1.82) is 0 Å². The number of halogens is 1. The van der Waals surface area contributed by atoms with Crippen molar-refractivity contribution in [2.75, 3.05) is 6.61 Å². The zero-order valence-corrected chi connectivity index (χ0v) is 13.0. The third kappa shape index (κ3) is 5.22. The molecule has 0 bridgehead atoms. The van der Waals surface area contributed by atoms with Gasteiger partial charge in [0, 0.05) is 5.02 Å². The van der Waals surface area contributed by atoms with Crippen LogP contribution in [0.25, 0.3) is 0 Å². The highest BCUT2D eigenvalue weighted by Crippen LogP contribution is 2.17. The molecule has 2 aromatic carbocycles. The zero-order valence-electron chi connectivity index (χ0n) is 12.2. The molecule has 0 saturated heterocycles. The van der Waals surface area contributed by atoms with E-state index in [4.69, 9.17) is 16.4 Å². The maximum absolute atomic E-state index is 11.8. The number of nitrogens with one attached hydrogen (secondary N) is 1. The summed E-state index contributed by atoms with van der Waals surface area (Å²) >= 11 is 5.93. The van der Waals surface area contributed by atoms with Gasteiger partial charge >= 0.3 is 0 Å². The first-order chi connectivity index (χ1) is 10.6. The Hall–Kier alpha value is -2.33. The monoisotopic (exact) mass is 316 g/mol. The summed E-state index contributed by atoms with van der Waals surface area (Å²) in [5.41, 5.74) is 1.85. The van der Waals surface area contributed by atoms with Crippen LogP contribution in [0.2, 0.25) is 5.02 Å². The second-order valence-corrected chi connectivity index (χ2v) is 5.20. The van der Waals surface area contributed by atoms with Gasteiger partial charge in [0.05, 0.1) is 12.3 Å². The maximum Gasteiger partial charge on any atom is 0.261 e. The van der Waals surface area contributed by atoms with Crippen LogP contribution in [0, 0.1) is 0 Å². The molecule has 4 nitrogen and oxygen atoms in total. The molecule has 0 fully saturated rings. The largest absolute Gasteiger partial charge is 0.386 e. The first-order valence-electron chi connectivity index (χ1n) is 6.90. The van der Waals surface area contributed by atoms with Crippen molar-refractivity contribution in [2.24, 2.45) is 5.16 Å². The van der Waals surface area contributed by atoms with Crippen LogP contribution < -0.4 is 5.32 Å². The molecule has 0 radical (unpaired) electrons. The summed E-state index contributed by atoms with van der Waals surface area (Å²) in [6.45, 7) is 1.75. The molecule has 0 spiro atoms. The van der Waals surface area contributed by atoms with Crippen molar-refractivity contribution in [3.8, 4) is 0 Å². The van der Waals surface area contributed by atoms with E-state index < -0.39 is 0 Å². The van der Waals surface area contributed by atoms with Crippen molar-refractivity contribution < 1.29 is 9.63 Å². The Kier molecular flexibility index (Phi) is 5.98. The number of hydrogen-bond donors (Lipinski definition) is 1. The number of oxime groups is 1. The molecule has 0 aromatic heterocycles. The van der Waals surface area contributed by atoms with Crippen LogP contribution in [0.4, 0.5) is 0 Å². The summed E-state index contributed by atoms with van der Waals surface area (Å²) in [4.78, 5) is 16.8. The number of amides is 1. The van der Waals surface area contributed by atoms with E-state index in [1.54, 1.807) is 12.3 Å².